The van der Waals surface area contributed by atoms with Gasteiger partial charge in [-0.2, -0.15) is 4.31 Å². The number of fused-ring (bicyclic) bond motifs is 1. The molecule has 10 heteroatoms. The summed E-state index contributed by atoms with van der Waals surface area (Å²) in [7, 11) is -2.31. The van der Waals surface area contributed by atoms with Crippen molar-refractivity contribution in [1.29, 1.82) is 0 Å². The lowest BCUT2D eigenvalue weighted by Gasteiger charge is -2.34. The van der Waals surface area contributed by atoms with Crippen LogP contribution in [-0.4, -0.2) is 67.7 Å². The van der Waals surface area contributed by atoms with Gasteiger partial charge in [-0.25, -0.2) is 8.42 Å². The lowest BCUT2D eigenvalue weighted by molar-refractivity contribution is -0.0440. The Kier molecular flexibility index (Phi) is 5.61. The van der Waals surface area contributed by atoms with Gasteiger partial charge in [0.1, 0.15) is 0 Å². The van der Waals surface area contributed by atoms with Crippen LogP contribution in [0.3, 0.4) is 0 Å². The molecule has 1 fully saturated rings. The molecule has 0 radical (unpaired) electrons. The highest BCUT2D eigenvalue weighted by molar-refractivity contribution is 7.89. The number of amides is 3. The summed E-state index contributed by atoms with van der Waals surface area (Å²) in [4.78, 5) is 37.9. The van der Waals surface area contributed by atoms with Crippen LogP contribution in [0.25, 0.3) is 0 Å². The van der Waals surface area contributed by atoms with Gasteiger partial charge >= 0.3 is 0 Å². The maximum atomic E-state index is 12.9. The van der Waals surface area contributed by atoms with Gasteiger partial charge in [0.2, 0.25) is 10.0 Å². The Bertz CT molecular complexity index is 1200. The molecule has 2 heterocycles. The summed E-state index contributed by atoms with van der Waals surface area (Å²) in [5, 5.41) is 2.67. The fourth-order valence-corrected chi connectivity index (χ4v) is 5.49. The van der Waals surface area contributed by atoms with Gasteiger partial charge < -0.3 is 10.1 Å². The zero-order valence-electron chi connectivity index (χ0n) is 17.9. The van der Waals surface area contributed by atoms with Gasteiger partial charge in [-0.05, 0) is 56.3 Å². The van der Waals surface area contributed by atoms with E-state index in [0.717, 1.165) is 4.90 Å². The third-order valence-electron chi connectivity index (χ3n) is 5.49. The smallest absolute Gasteiger partial charge is 0.261 e. The largest absolute Gasteiger partial charge is 0.373 e. The van der Waals surface area contributed by atoms with Crippen LogP contribution in [0.1, 0.15) is 44.9 Å². The van der Waals surface area contributed by atoms with Crippen LogP contribution < -0.4 is 5.32 Å². The molecule has 2 aliphatic rings. The molecule has 0 bridgehead atoms. The quantitative estimate of drug-likeness (QED) is 0.703. The van der Waals surface area contributed by atoms with Gasteiger partial charge in [-0.15, -0.1) is 0 Å². The minimum Gasteiger partial charge on any atom is -0.373 e. The molecule has 2 aliphatic heterocycles. The van der Waals surface area contributed by atoms with E-state index in [1.807, 2.05) is 13.8 Å². The van der Waals surface area contributed by atoms with E-state index < -0.39 is 21.8 Å². The zero-order valence-corrected chi connectivity index (χ0v) is 18.7. The fourth-order valence-electron chi connectivity index (χ4n) is 3.90. The van der Waals surface area contributed by atoms with Crippen molar-refractivity contribution < 1.29 is 27.5 Å². The number of hydrogen-bond donors (Lipinski definition) is 1. The van der Waals surface area contributed by atoms with Crippen LogP contribution in [0, 0.1) is 0 Å². The van der Waals surface area contributed by atoms with Gasteiger partial charge in [-0.1, -0.05) is 0 Å². The third-order valence-corrected chi connectivity index (χ3v) is 7.33. The average molecular weight is 458 g/mol. The first-order valence-electron chi connectivity index (χ1n) is 10.1. The number of nitrogens with zero attached hydrogens (tertiary/aromatic N) is 2. The summed E-state index contributed by atoms with van der Waals surface area (Å²) in [6, 6.07) is 10.2. The number of morpholine rings is 1. The summed E-state index contributed by atoms with van der Waals surface area (Å²) in [6.07, 6.45) is -0.402. The van der Waals surface area contributed by atoms with E-state index in [0.29, 0.717) is 5.69 Å². The van der Waals surface area contributed by atoms with Crippen LogP contribution in [0.5, 0.6) is 0 Å². The van der Waals surface area contributed by atoms with Crippen molar-refractivity contribution in [2.24, 2.45) is 0 Å². The molecule has 3 amide bonds. The molecule has 0 saturated carbocycles. The van der Waals surface area contributed by atoms with Crippen LogP contribution in [0.2, 0.25) is 0 Å². The van der Waals surface area contributed by atoms with E-state index in [4.69, 9.17) is 4.74 Å². The Morgan fingerprint density at radius 2 is 1.56 bits per heavy atom. The van der Waals surface area contributed by atoms with E-state index in [1.54, 1.807) is 6.07 Å². The minimum atomic E-state index is -3.71. The molecular formula is C22H23N3O6S. The van der Waals surface area contributed by atoms with E-state index in [9.17, 15) is 22.8 Å². The highest BCUT2D eigenvalue weighted by Gasteiger charge is 2.33. The normalized spacial score (nSPS) is 21.5. The minimum absolute atomic E-state index is 0.0972. The van der Waals surface area contributed by atoms with Gasteiger partial charge in [0.25, 0.3) is 17.7 Å². The molecule has 2 aromatic carbocycles. The van der Waals surface area contributed by atoms with Crippen molar-refractivity contribution in [2.45, 2.75) is 31.0 Å². The molecule has 2 aromatic rings. The number of anilines is 1. The fraction of sp³-hybridized carbons (Fsp3) is 0.318. The topological polar surface area (TPSA) is 113 Å². The number of carbonyl (C=O) groups excluding carboxylic acids is 3. The summed E-state index contributed by atoms with van der Waals surface area (Å²) in [5.74, 6) is -1.28. The number of benzene rings is 2. The van der Waals surface area contributed by atoms with Gasteiger partial charge in [0.15, 0.2) is 0 Å². The summed E-state index contributed by atoms with van der Waals surface area (Å²) in [6.45, 7) is 4.19. The number of imide groups is 1. The predicted octanol–water partition coefficient (Wildman–Crippen LogP) is 1.96. The molecule has 4 rings (SSSR count). The molecular weight excluding hydrogens is 434 g/mol. The van der Waals surface area contributed by atoms with Crippen LogP contribution in [-0.2, 0) is 14.8 Å². The molecule has 1 saturated heterocycles. The number of nitrogens with one attached hydrogen (secondary N) is 1. The summed E-state index contributed by atoms with van der Waals surface area (Å²) >= 11 is 0. The van der Waals surface area contributed by atoms with Crippen LogP contribution >= 0.6 is 0 Å². The standard InChI is InChI=1S/C22H23N3O6S/c1-13-11-25(12-14(2)31-13)32(29,30)17-7-4-15(5-8-17)20(26)23-16-6-9-18-19(10-16)22(28)24(3)21(18)27/h4-10,13-14H,11-12H2,1-3H3,(H,23,26)/t13-,14+. The molecule has 0 aromatic heterocycles. The first-order chi connectivity index (χ1) is 15.1. The molecule has 0 spiro atoms. The maximum absolute atomic E-state index is 12.9. The Hall–Kier alpha value is -3.08. The second-order valence-corrected chi connectivity index (χ2v) is 9.93. The van der Waals surface area contributed by atoms with E-state index >= 15 is 0 Å². The lowest BCUT2D eigenvalue weighted by Crippen LogP contribution is -2.48. The van der Waals surface area contributed by atoms with Crippen molar-refractivity contribution in [3.05, 3.63) is 59.2 Å². The highest BCUT2D eigenvalue weighted by atomic mass is 32.2. The van der Waals surface area contributed by atoms with Gasteiger partial charge in [0, 0.05) is 31.4 Å². The molecule has 32 heavy (non-hydrogen) atoms. The predicted molar refractivity (Wildman–Crippen MR) is 116 cm³/mol. The lowest BCUT2D eigenvalue weighted by atomic mass is 10.1. The van der Waals surface area contributed by atoms with E-state index in [2.05, 4.69) is 5.32 Å². The second kappa shape index (κ2) is 8.12. The number of hydrogen-bond acceptors (Lipinski definition) is 6. The Labute approximate surface area is 186 Å². The molecule has 1 N–H and O–H groups in total. The SMILES string of the molecule is C[C@@H]1CN(S(=O)(=O)c2ccc(C(=O)Nc3ccc4c(c3)C(=O)N(C)C4=O)cc2)C[C@H](C)O1. The van der Waals surface area contributed by atoms with Crippen molar-refractivity contribution in [3.63, 3.8) is 0 Å². The molecule has 0 aliphatic carbocycles. The van der Waals surface area contributed by atoms with Crippen molar-refractivity contribution >= 4 is 33.4 Å². The maximum Gasteiger partial charge on any atom is 0.261 e. The van der Waals surface area contributed by atoms with Crippen LogP contribution in [0.4, 0.5) is 5.69 Å². The summed E-state index contributed by atoms with van der Waals surface area (Å²) in [5.41, 5.74) is 1.13. The zero-order chi connectivity index (χ0) is 23.2. The van der Waals surface area contributed by atoms with Crippen LogP contribution in [0.15, 0.2) is 47.4 Å². The Morgan fingerprint density at radius 3 is 2.19 bits per heavy atom. The molecule has 9 nitrogen and oxygen atoms in total. The first kappa shape index (κ1) is 22.1. The van der Waals surface area contributed by atoms with Crippen molar-refractivity contribution in [3.8, 4) is 0 Å². The Morgan fingerprint density at radius 1 is 0.969 bits per heavy atom. The van der Waals surface area contributed by atoms with Gasteiger partial charge in [-0.3, -0.25) is 19.3 Å². The average Bonchev–Trinajstić information content (AvgIpc) is 2.97. The number of carbonyl (C=O) groups is 3. The third kappa shape index (κ3) is 3.92. The molecule has 168 valence electrons. The van der Waals surface area contributed by atoms with Gasteiger partial charge in [0.05, 0.1) is 28.2 Å². The molecule has 0 unspecified atom stereocenters. The van der Waals surface area contributed by atoms with E-state index in [1.165, 1.54) is 47.8 Å². The van der Waals surface area contributed by atoms with E-state index in [-0.39, 0.29) is 52.8 Å². The monoisotopic (exact) mass is 457 g/mol. The van der Waals surface area contributed by atoms with Crippen molar-refractivity contribution in [1.82, 2.24) is 9.21 Å². The number of ether oxygens (including phenoxy) is 1. The Balaban J connectivity index is 1.50. The highest BCUT2D eigenvalue weighted by Crippen LogP contribution is 2.25. The molecule has 2 atom stereocenters. The number of sulfonamides is 1. The summed E-state index contributed by atoms with van der Waals surface area (Å²) < 4.78 is 32.9. The number of rotatable bonds is 4. The first-order valence-corrected chi connectivity index (χ1v) is 11.6. The van der Waals surface area contributed by atoms with Crippen molar-refractivity contribution in [2.75, 3.05) is 25.5 Å². The second-order valence-electron chi connectivity index (χ2n) is 7.99.